The standard InChI is InChI=1S/C13H30O3Si/c1-5-10-17(11-6-2,12-7-3)16-13-15-9-8-14-4/h5-13H2,1-4H3. The van der Waals surface area contributed by atoms with Gasteiger partial charge in [-0.15, -0.1) is 0 Å². The predicted molar refractivity (Wildman–Crippen MR) is 74.8 cm³/mol. The molecule has 0 aliphatic rings. The SMILES string of the molecule is CCC[Si](CCC)(CCC)OCOCCOC. The lowest BCUT2D eigenvalue weighted by Crippen LogP contribution is -2.38. The Kier molecular flexibility index (Phi) is 11.3. The Hall–Kier alpha value is 0.0969. The fourth-order valence-corrected chi connectivity index (χ4v) is 6.58. The minimum atomic E-state index is -1.52. The molecule has 0 N–H and O–H groups in total. The molecule has 0 spiro atoms. The molecule has 0 unspecified atom stereocenters. The molecule has 17 heavy (non-hydrogen) atoms. The Morgan fingerprint density at radius 3 is 1.76 bits per heavy atom. The highest BCUT2D eigenvalue weighted by Crippen LogP contribution is 2.27. The van der Waals surface area contributed by atoms with Crippen LogP contribution < -0.4 is 0 Å². The van der Waals surface area contributed by atoms with E-state index in [1.807, 2.05) is 0 Å². The van der Waals surface area contributed by atoms with E-state index in [0.29, 0.717) is 20.0 Å². The van der Waals surface area contributed by atoms with Crippen LogP contribution in [0.5, 0.6) is 0 Å². The Balaban J connectivity index is 4.05. The van der Waals surface area contributed by atoms with Gasteiger partial charge in [-0.3, -0.25) is 0 Å². The zero-order valence-corrected chi connectivity index (χ0v) is 13.1. The second-order valence-corrected chi connectivity index (χ2v) is 8.75. The van der Waals surface area contributed by atoms with Crippen molar-refractivity contribution in [2.45, 2.75) is 58.2 Å². The number of hydrogen-bond acceptors (Lipinski definition) is 3. The molecule has 0 rings (SSSR count). The second kappa shape index (κ2) is 11.2. The average molecular weight is 262 g/mol. The van der Waals surface area contributed by atoms with Crippen LogP contribution in [0.1, 0.15) is 40.0 Å². The van der Waals surface area contributed by atoms with Crippen molar-refractivity contribution in [1.82, 2.24) is 0 Å². The first kappa shape index (κ1) is 17.1. The van der Waals surface area contributed by atoms with E-state index in [1.54, 1.807) is 7.11 Å². The molecule has 0 heterocycles. The van der Waals surface area contributed by atoms with Crippen LogP contribution in [0, 0.1) is 0 Å². The molecule has 0 radical (unpaired) electrons. The third-order valence-corrected chi connectivity index (χ3v) is 7.96. The second-order valence-electron chi connectivity index (χ2n) is 4.60. The number of hydrogen-bond donors (Lipinski definition) is 0. The molecule has 4 heteroatoms. The van der Waals surface area contributed by atoms with Crippen molar-refractivity contribution >= 4 is 8.32 Å². The van der Waals surface area contributed by atoms with Crippen LogP contribution in [0.25, 0.3) is 0 Å². The van der Waals surface area contributed by atoms with E-state index in [0.717, 1.165) is 0 Å². The number of rotatable bonds is 12. The van der Waals surface area contributed by atoms with Gasteiger partial charge in [0.1, 0.15) is 6.79 Å². The zero-order chi connectivity index (χ0) is 13.0. The van der Waals surface area contributed by atoms with Gasteiger partial charge in [-0.25, -0.2) is 0 Å². The molecule has 3 nitrogen and oxygen atoms in total. The Morgan fingerprint density at radius 2 is 1.35 bits per heavy atom. The third-order valence-electron chi connectivity index (χ3n) is 3.00. The van der Waals surface area contributed by atoms with Crippen LogP contribution in [0.2, 0.25) is 18.1 Å². The molecule has 0 saturated heterocycles. The van der Waals surface area contributed by atoms with E-state index in [4.69, 9.17) is 13.9 Å². The van der Waals surface area contributed by atoms with Crippen molar-refractivity contribution in [3.63, 3.8) is 0 Å². The van der Waals surface area contributed by atoms with Gasteiger partial charge in [0.2, 0.25) is 0 Å². The summed E-state index contributed by atoms with van der Waals surface area (Å²) in [5.41, 5.74) is 0. The van der Waals surface area contributed by atoms with Gasteiger partial charge in [-0.2, -0.15) is 0 Å². The number of methoxy groups -OCH3 is 1. The van der Waals surface area contributed by atoms with Crippen LogP contribution in [-0.4, -0.2) is 35.4 Å². The lowest BCUT2D eigenvalue weighted by Gasteiger charge is -2.30. The summed E-state index contributed by atoms with van der Waals surface area (Å²) in [6.07, 6.45) is 3.68. The summed E-state index contributed by atoms with van der Waals surface area (Å²) in [6, 6.07) is 3.80. The predicted octanol–water partition coefficient (Wildman–Crippen LogP) is 3.80. The molecule has 0 bridgehead atoms. The van der Waals surface area contributed by atoms with Crippen molar-refractivity contribution in [3.05, 3.63) is 0 Å². The minimum absolute atomic E-state index is 0.454. The molecule has 0 aliphatic heterocycles. The highest BCUT2D eigenvalue weighted by molar-refractivity contribution is 6.73. The molecule has 0 saturated carbocycles. The zero-order valence-electron chi connectivity index (χ0n) is 12.1. The topological polar surface area (TPSA) is 27.7 Å². The van der Waals surface area contributed by atoms with Crippen LogP contribution in [0.3, 0.4) is 0 Å². The van der Waals surface area contributed by atoms with Crippen molar-refractivity contribution in [3.8, 4) is 0 Å². The van der Waals surface area contributed by atoms with Crippen LogP contribution in [-0.2, 0) is 13.9 Å². The highest BCUT2D eigenvalue weighted by Gasteiger charge is 2.32. The molecule has 104 valence electrons. The van der Waals surface area contributed by atoms with Gasteiger partial charge in [0.15, 0.2) is 8.32 Å². The average Bonchev–Trinajstić information content (AvgIpc) is 2.30. The Morgan fingerprint density at radius 1 is 0.824 bits per heavy atom. The highest BCUT2D eigenvalue weighted by atomic mass is 28.4. The maximum atomic E-state index is 6.16. The summed E-state index contributed by atoms with van der Waals surface area (Å²) in [5, 5.41) is 0. The lowest BCUT2D eigenvalue weighted by molar-refractivity contribution is -0.0146. The van der Waals surface area contributed by atoms with Crippen molar-refractivity contribution in [2.24, 2.45) is 0 Å². The fourth-order valence-electron chi connectivity index (χ4n) is 2.33. The molecule has 0 amide bonds. The lowest BCUT2D eigenvalue weighted by atomic mass is 10.6. The van der Waals surface area contributed by atoms with Gasteiger partial charge in [0.25, 0.3) is 0 Å². The maximum absolute atomic E-state index is 6.16. The van der Waals surface area contributed by atoms with E-state index in [2.05, 4.69) is 20.8 Å². The molecule has 0 aliphatic carbocycles. The molecule has 0 fully saturated rings. The largest absolute Gasteiger partial charge is 0.395 e. The first-order valence-electron chi connectivity index (χ1n) is 6.95. The third kappa shape index (κ3) is 7.92. The smallest absolute Gasteiger partial charge is 0.195 e. The van der Waals surface area contributed by atoms with E-state index in [1.165, 1.54) is 37.4 Å². The normalized spacial score (nSPS) is 12.0. The van der Waals surface area contributed by atoms with Gasteiger partial charge >= 0.3 is 0 Å². The van der Waals surface area contributed by atoms with Crippen LogP contribution in [0.4, 0.5) is 0 Å². The van der Waals surface area contributed by atoms with Crippen LogP contribution in [0.15, 0.2) is 0 Å². The number of ether oxygens (including phenoxy) is 2. The van der Waals surface area contributed by atoms with Crippen molar-refractivity contribution < 1.29 is 13.9 Å². The minimum Gasteiger partial charge on any atom is -0.395 e. The van der Waals surface area contributed by atoms with E-state index in [9.17, 15) is 0 Å². The summed E-state index contributed by atoms with van der Waals surface area (Å²) in [6.45, 7) is 8.49. The summed E-state index contributed by atoms with van der Waals surface area (Å²) in [4.78, 5) is 0. The first-order chi connectivity index (χ1) is 8.24. The maximum Gasteiger partial charge on any atom is 0.195 e. The van der Waals surface area contributed by atoms with E-state index < -0.39 is 8.32 Å². The summed E-state index contributed by atoms with van der Waals surface area (Å²) in [7, 11) is 0.167. The van der Waals surface area contributed by atoms with Crippen molar-refractivity contribution in [2.75, 3.05) is 27.1 Å². The summed E-state index contributed by atoms with van der Waals surface area (Å²) < 4.78 is 16.6. The fraction of sp³-hybridized carbons (Fsp3) is 1.00. The summed E-state index contributed by atoms with van der Waals surface area (Å²) >= 11 is 0. The molecule has 0 aromatic carbocycles. The molecule has 0 aromatic rings. The van der Waals surface area contributed by atoms with Gasteiger partial charge < -0.3 is 13.9 Å². The summed E-state index contributed by atoms with van der Waals surface area (Å²) in [5.74, 6) is 0. The molecular weight excluding hydrogens is 232 g/mol. The van der Waals surface area contributed by atoms with Gasteiger partial charge in [0, 0.05) is 7.11 Å². The molecular formula is C13H30O3Si. The van der Waals surface area contributed by atoms with Gasteiger partial charge in [-0.05, 0) is 18.1 Å². The van der Waals surface area contributed by atoms with E-state index >= 15 is 0 Å². The Labute approximate surface area is 108 Å². The Bertz CT molecular complexity index is 148. The molecule has 0 atom stereocenters. The quantitative estimate of drug-likeness (QED) is 0.304. The van der Waals surface area contributed by atoms with Crippen LogP contribution >= 0.6 is 0 Å². The van der Waals surface area contributed by atoms with Gasteiger partial charge in [-0.1, -0.05) is 40.0 Å². The first-order valence-corrected chi connectivity index (χ1v) is 9.48. The molecule has 0 aromatic heterocycles. The van der Waals surface area contributed by atoms with E-state index in [-0.39, 0.29) is 0 Å². The van der Waals surface area contributed by atoms with Gasteiger partial charge in [0.05, 0.1) is 13.2 Å². The monoisotopic (exact) mass is 262 g/mol. The van der Waals surface area contributed by atoms with Crippen molar-refractivity contribution in [1.29, 1.82) is 0 Å².